The van der Waals surface area contributed by atoms with Crippen molar-refractivity contribution in [3.8, 4) is 0 Å². The first-order chi connectivity index (χ1) is 18.4. The number of aromatic nitrogens is 2. The number of fused-ring (bicyclic) bond motifs is 1. The Balaban J connectivity index is 1.81. The van der Waals surface area contributed by atoms with Crippen LogP contribution in [0.5, 0.6) is 0 Å². The van der Waals surface area contributed by atoms with Crippen LogP contribution in [0.3, 0.4) is 0 Å². The maximum absolute atomic E-state index is 13.0. The first-order valence-corrected chi connectivity index (χ1v) is 12.8. The maximum Gasteiger partial charge on any atom is 0.276 e. The number of hydrazone groups is 1. The number of carbonyl (C=O) groups excluding carboxylic acids is 1. The Bertz CT molecular complexity index is 1770. The molecule has 0 spiro atoms. The number of amides is 1. The largest absolute Gasteiger partial charge is 0.382 e. The van der Waals surface area contributed by atoms with Gasteiger partial charge >= 0.3 is 0 Å². The van der Waals surface area contributed by atoms with E-state index in [1.54, 1.807) is 19.1 Å². The molecule has 4 rings (SSSR count). The van der Waals surface area contributed by atoms with Crippen LogP contribution in [0.15, 0.2) is 81.5 Å². The standard InChI is InChI=1S/C25H22N6O7S/c1-14-3-10-19(11-4-14)39(37,38)30-29-22(24(33)16-5-7-17(8-6-16)26-15(2)32)23-25(34)28-21-13-18(31(35)36)9-12-20(21)27-23/h3-13,24,30,33H,1-2H3,(H,26,32)(H,28,34)/b29-22-. The second kappa shape index (κ2) is 10.8. The third-order valence-corrected chi connectivity index (χ3v) is 6.78. The predicted octanol–water partition coefficient (Wildman–Crippen LogP) is 2.51. The molecule has 1 amide bonds. The van der Waals surface area contributed by atoms with Crippen molar-refractivity contribution in [1.82, 2.24) is 14.8 Å². The first kappa shape index (κ1) is 27.1. The Kier molecular flexibility index (Phi) is 7.51. The van der Waals surface area contributed by atoms with Gasteiger partial charge in [-0.2, -0.15) is 18.4 Å². The van der Waals surface area contributed by atoms with E-state index in [9.17, 15) is 33.2 Å². The van der Waals surface area contributed by atoms with E-state index in [1.165, 1.54) is 55.5 Å². The van der Waals surface area contributed by atoms with Crippen LogP contribution in [0, 0.1) is 17.0 Å². The van der Waals surface area contributed by atoms with Crippen molar-refractivity contribution < 1.29 is 23.2 Å². The van der Waals surface area contributed by atoms with Crippen LogP contribution >= 0.6 is 0 Å². The zero-order valence-electron chi connectivity index (χ0n) is 20.6. The number of nitro groups is 1. The molecule has 1 heterocycles. The number of aliphatic hydroxyl groups is 1. The number of nitrogens with one attached hydrogen (secondary N) is 3. The summed E-state index contributed by atoms with van der Waals surface area (Å²) < 4.78 is 25.7. The molecule has 1 unspecified atom stereocenters. The van der Waals surface area contributed by atoms with Crippen LogP contribution < -0.4 is 15.7 Å². The van der Waals surface area contributed by atoms with Crippen molar-refractivity contribution >= 4 is 44.1 Å². The Morgan fingerprint density at radius 3 is 2.38 bits per heavy atom. The predicted molar refractivity (Wildman–Crippen MR) is 143 cm³/mol. The van der Waals surface area contributed by atoms with Crippen molar-refractivity contribution in [3.05, 3.63) is 104 Å². The topological polar surface area (TPSA) is 197 Å². The molecule has 1 atom stereocenters. The Labute approximate surface area is 221 Å². The van der Waals surface area contributed by atoms with Crippen LogP contribution in [0.2, 0.25) is 0 Å². The van der Waals surface area contributed by atoms with E-state index in [0.717, 1.165) is 11.6 Å². The van der Waals surface area contributed by atoms with Gasteiger partial charge in [-0.25, -0.2) is 4.98 Å². The van der Waals surface area contributed by atoms with Crippen molar-refractivity contribution in [2.24, 2.45) is 5.10 Å². The average Bonchev–Trinajstić information content (AvgIpc) is 2.88. The highest BCUT2D eigenvalue weighted by Crippen LogP contribution is 2.22. The van der Waals surface area contributed by atoms with Crippen LogP contribution in [0.25, 0.3) is 11.0 Å². The van der Waals surface area contributed by atoms with Crippen molar-refractivity contribution in [2.75, 3.05) is 5.32 Å². The molecule has 0 aliphatic heterocycles. The van der Waals surface area contributed by atoms with Crippen molar-refractivity contribution in [2.45, 2.75) is 24.8 Å². The van der Waals surface area contributed by atoms with Crippen LogP contribution in [0.1, 0.15) is 29.8 Å². The summed E-state index contributed by atoms with van der Waals surface area (Å²) in [5, 5.41) is 28.8. The lowest BCUT2D eigenvalue weighted by atomic mass is 10.0. The van der Waals surface area contributed by atoms with Gasteiger partial charge in [-0.15, -0.1) is 0 Å². The lowest BCUT2D eigenvalue weighted by Gasteiger charge is -2.15. The lowest BCUT2D eigenvalue weighted by Crippen LogP contribution is -2.29. The van der Waals surface area contributed by atoms with Crippen LogP contribution in [-0.4, -0.2) is 40.0 Å². The molecular formula is C25H22N6O7S. The number of nitrogens with zero attached hydrogens (tertiary/aromatic N) is 3. The van der Waals surface area contributed by atoms with E-state index in [0.29, 0.717) is 5.69 Å². The smallest absolute Gasteiger partial charge is 0.276 e. The number of aliphatic hydroxyl groups excluding tert-OH is 1. The summed E-state index contributed by atoms with van der Waals surface area (Å²) in [4.78, 5) is 43.4. The summed E-state index contributed by atoms with van der Waals surface area (Å²) in [5.74, 6) is -0.303. The van der Waals surface area contributed by atoms with Gasteiger partial charge in [0, 0.05) is 24.7 Å². The van der Waals surface area contributed by atoms with E-state index < -0.39 is 38.0 Å². The van der Waals surface area contributed by atoms with Gasteiger partial charge < -0.3 is 15.4 Å². The van der Waals surface area contributed by atoms with Crippen molar-refractivity contribution in [1.29, 1.82) is 0 Å². The number of benzene rings is 3. The fourth-order valence-electron chi connectivity index (χ4n) is 3.59. The highest BCUT2D eigenvalue weighted by atomic mass is 32.2. The number of anilines is 1. The molecule has 1 aromatic heterocycles. The Hall–Kier alpha value is -4.95. The molecule has 0 saturated carbocycles. The molecule has 4 N–H and O–H groups in total. The monoisotopic (exact) mass is 550 g/mol. The highest BCUT2D eigenvalue weighted by Gasteiger charge is 2.24. The van der Waals surface area contributed by atoms with Gasteiger partial charge in [-0.05, 0) is 42.8 Å². The Morgan fingerprint density at radius 2 is 1.77 bits per heavy atom. The number of hydrogen-bond acceptors (Lipinski definition) is 9. The summed E-state index contributed by atoms with van der Waals surface area (Å²) >= 11 is 0. The minimum atomic E-state index is -4.20. The van der Waals surface area contributed by atoms with E-state index >= 15 is 0 Å². The van der Waals surface area contributed by atoms with E-state index in [2.05, 4.69) is 20.4 Å². The number of rotatable bonds is 8. The molecule has 3 aromatic carbocycles. The molecule has 0 aliphatic rings. The second-order valence-electron chi connectivity index (χ2n) is 8.48. The minimum absolute atomic E-state index is 0.0617. The fraction of sp³-hybridized carbons (Fsp3) is 0.120. The summed E-state index contributed by atoms with van der Waals surface area (Å²) in [5.41, 5.74) is -0.298. The molecule has 200 valence electrons. The van der Waals surface area contributed by atoms with Gasteiger partial charge in [-0.3, -0.25) is 19.7 Å². The zero-order chi connectivity index (χ0) is 28.3. The number of hydrogen-bond donors (Lipinski definition) is 4. The molecule has 14 heteroatoms. The molecule has 0 fully saturated rings. The number of aromatic amines is 1. The zero-order valence-corrected chi connectivity index (χ0v) is 21.4. The van der Waals surface area contributed by atoms with Gasteiger partial charge in [0.15, 0.2) is 5.69 Å². The fourth-order valence-corrected chi connectivity index (χ4v) is 4.41. The van der Waals surface area contributed by atoms with Crippen molar-refractivity contribution in [3.63, 3.8) is 0 Å². The maximum atomic E-state index is 13.0. The number of aryl methyl sites for hydroxylation is 1. The molecular weight excluding hydrogens is 528 g/mol. The minimum Gasteiger partial charge on any atom is -0.382 e. The summed E-state index contributed by atoms with van der Waals surface area (Å²) in [6.45, 7) is 3.12. The van der Waals surface area contributed by atoms with Crippen LogP contribution in [0.4, 0.5) is 11.4 Å². The normalized spacial score (nSPS) is 12.6. The average molecular weight is 551 g/mol. The van der Waals surface area contributed by atoms with Crippen LogP contribution in [-0.2, 0) is 14.8 Å². The second-order valence-corrected chi connectivity index (χ2v) is 10.1. The van der Waals surface area contributed by atoms with Gasteiger partial charge in [-0.1, -0.05) is 29.8 Å². The first-order valence-electron chi connectivity index (χ1n) is 11.3. The molecule has 0 bridgehead atoms. The number of nitro benzene ring substituents is 1. The van der Waals surface area contributed by atoms with Gasteiger partial charge in [0.2, 0.25) is 5.91 Å². The number of carbonyl (C=O) groups is 1. The molecule has 13 nitrogen and oxygen atoms in total. The number of H-pyrrole nitrogens is 1. The molecule has 0 saturated heterocycles. The highest BCUT2D eigenvalue weighted by molar-refractivity contribution is 7.89. The summed E-state index contributed by atoms with van der Waals surface area (Å²) in [7, 11) is -4.20. The van der Waals surface area contributed by atoms with E-state index in [1.807, 2.05) is 4.83 Å². The Morgan fingerprint density at radius 1 is 1.10 bits per heavy atom. The quantitative estimate of drug-likeness (QED) is 0.146. The molecule has 0 radical (unpaired) electrons. The lowest BCUT2D eigenvalue weighted by molar-refractivity contribution is -0.384. The molecule has 4 aromatic rings. The number of non-ortho nitro benzene ring substituents is 1. The molecule has 39 heavy (non-hydrogen) atoms. The number of sulfonamides is 1. The summed E-state index contributed by atoms with van der Waals surface area (Å²) in [6, 6.07) is 15.5. The summed E-state index contributed by atoms with van der Waals surface area (Å²) in [6.07, 6.45) is -1.64. The third kappa shape index (κ3) is 6.14. The van der Waals surface area contributed by atoms with Gasteiger partial charge in [0.25, 0.3) is 21.3 Å². The van der Waals surface area contributed by atoms with E-state index in [4.69, 9.17) is 0 Å². The SMILES string of the molecule is CC(=O)Nc1ccc(C(O)/C(=N\NS(=O)(=O)c2ccc(C)cc2)c2nc3ccc([N+](=O)[O-])cc3[nH]c2=O)cc1. The van der Waals surface area contributed by atoms with E-state index in [-0.39, 0.29) is 33.1 Å². The molecule has 0 aliphatic carbocycles. The van der Waals surface area contributed by atoms with Gasteiger partial charge in [0.05, 0.1) is 20.9 Å². The third-order valence-electron chi connectivity index (χ3n) is 5.55. The van der Waals surface area contributed by atoms with Gasteiger partial charge in [0.1, 0.15) is 11.8 Å².